The van der Waals surface area contributed by atoms with Crippen molar-refractivity contribution in [2.75, 3.05) is 19.0 Å². The van der Waals surface area contributed by atoms with Crippen molar-refractivity contribution < 1.29 is 9.90 Å². The Morgan fingerprint density at radius 3 is 2.57 bits per heavy atom. The van der Waals surface area contributed by atoms with E-state index in [4.69, 9.17) is 28.3 Å². The van der Waals surface area contributed by atoms with Crippen LogP contribution in [0.2, 0.25) is 10.0 Å². The van der Waals surface area contributed by atoms with E-state index < -0.39 is 0 Å². The summed E-state index contributed by atoms with van der Waals surface area (Å²) in [6, 6.07) is 5.02. The zero-order valence-corrected chi connectivity index (χ0v) is 13.5. The Bertz CT molecular complexity index is 502. The second-order valence-corrected chi connectivity index (χ2v) is 6.37. The van der Waals surface area contributed by atoms with E-state index in [9.17, 15) is 4.79 Å². The summed E-state index contributed by atoms with van der Waals surface area (Å²) < 4.78 is 0. The first-order chi connectivity index (χ1) is 10.0. The Morgan fingerprint density at radius 1 is 1.33 bits per heavy atom. The first-order valence-corrected chi connectivity index (χ1v) is 7.86. The van der Waals surface area contributed by atoms with Crippen LogP contribution in [0.1, 0.15) is 25.7 Å². The van der Waals surface area contributed by atoms with Gasteiger partial charge in [-0.05, 0) is 49.8 Å². The summed E-state index contributed by atoms with van der Waals surface area (Å²) in [6.07, 6.45) is 3.76. The van der Waals surface area contributed by atoms with Crippen LogP contribution in [0, 0.1) is 5.92 Å². The van der Waals surface area contributed by atoms with Crippen LogP contribution >= 0.6 is 23.2 Å². The average molecular weight is 331 g/mol. The quantitative estimate of drug-likeness (QED) is 0.879. The molecule has 0 spiro atoms. The fraction of sp³-hybridized carbons (Fsp3) is 0.533. The van der Waals surface area contributed by atoms with E-state index >= 15 is 0 Å². The number of nitrogens with zero attached hydrogens (tertiary/aromatic N) is 1. The zero-order valence-electron chi connectivity index (χ0n) is 12.0. The fourth-order valence-electron chi connectivity index (χ4n) is 2.67. The number of carbonyl (C=O) groups excluding carboxylic acids is 1. The van der Waals surface area contributed by atoms with Crippen LogP contribution in [0.4, 0.5) is 10.5 Å². The number of hydrogen-bond donors (Lipinski definition) is 2. The number of nitrogens with one attached hydrogen (secondary N) is 1. The molecule has 2 amide bonds. The molecule has 0 heterocycles. The van der Waals surface area contributed by atoms with Gasteiger partial charge in [-0.1, -0.05) is 23.2 Å². The number of anilines is 1. The van der Waals surface area contributed by atoms with Crippen LogP contribution < -0.4 is 5.32 Å². The van der Waals surface area contributed by atoms with Gasteiger partial charge < -0.3 is 15.3 Å². The number of benzene rings is 1. The molecule has 2 rings (SSSR count). The highest BCUT2D eigenvalue weighted by molar-refractivity contribution is 6.36. The summed E-state index contributed by atoms with van der Waals surface area (Å²) >= 11 is 11.9. The molecule has 1 aliphatic carbocycles. The molecule has 6 heteroatoms. The molecule has 0 radical (unpaired) electrons. The number of amides is 2. The topological polar surface area (TPSA) is 52.6 Å². The van der Waals surface area contributed by atoms with Crippen LogP contribution in [-0.2, 0) is 0 Å². The number of rotatable bonds is 3. The molecule has 0 aromatic heterocycles. The molecule has 1 aliphatic rings. The van der Waals surface area contributed by atoms with Crippen molar-refractivity contribution in [1.82, 2.24) is 4.90 Å². The van der Waals surface area contributed by atoms with Crippen molar-refractivity contribution in [2.45, 2.75) is 31.7 Å². The highest BCUT2D eigenvalue weighted by Crippen LogP contribution is 2.28. The van der Waals surface area contributed by atoms with Crippen molar-refractivity contribution in [2.24, 2.45) is 5.92 Å². The maximum Gasteiger partial charge on any atom is 0.321 e. The van der Waals surface area contributed by atoms with Gasteiger partial charge in [0.2, 0.25) is 0 Å². The monoisotopic (exact) mass is 330 g/mol. The van der Waals surface area contributed by atoms with Gasteiger partial charge >= 0.3 is 6.03 Å². The maximum absolute atomic E-state index is 12.3. The molecular weight excluding hydrogens is 311 g/mol. The van der Waals surface area contributed by atoms with Gasteiger partial charge in [-0.15, -0.1) is 0 Å². The summed E-state index contributed by atoms with van der Waals surface area (Å²) in [4.78, 5) is 14.0. The van der Waals surface area contributed by atoms with Gasteiger partial charge in [-0.2, -0.15) is 0 Å². The summed E-state index contributed by atoms with van der Waals surface area (Å²) in [6.45, 7) is 0.239. The normalized spacial score (nSPS) is 21.9. The Labute approximate surface area is 135 Å². The second kappa shape index (κ2) is 7.34. The van der Waals surface area contributed by atoms with Crippen molar-refractivity contribution in [1.29, 1.82) is 0 Å². The molecular formula is C15H20Cl2N2O2. The van der Waals surface area contributed by atoms with Gasteiger partial charge in [-0.25, -0.2) is 4.79 Å². The minimum Gasteiger partial charge on any atom is -0.396 e. The molecule has 1 aromatic rings. The van der Waals surface area contributed by atoms with Crippen LogP contribution in [0.25, 0.3) is 0 Å². The van der Waals surface area contributed by atoms with E-state index in [-0.39, 0.29) is 18.7 Å². The summed E-state index contributed by atoms with van der Waals surface area (Å²) in [5, 5.41) is 12.9. The number of aliphatic hydroxyl groups is 1. The van der Waals surface area contributed by atoms with Gasteiger partial charge in [0.1, 0.15) is 0 Å². The molecule has 0 aliphatic heterocycles. The number of hydrogen-bond acceptors (Lipinski definition) is 2. The van der Waals surface area contributed by atoms with Crippen LogP contribution in [0.5, 0.6) is 0 Å². The lowest BCUT2D eigenvalue weighted by Crippen LogP contribution is -2.42. The van der Waals surface area contributed by atoms with Gasteiger partial charge in [0.15, 0.2) is 0 Å². The third-order valence-corrected chi connectivity index (χ3v) is 4.66. The second-order valence-electron chi connectivity index (χ2n) is 5.52. The lowest BCUT2D eigenvalue weighted by Gasteiger charge is -2.34. The number of aliphatic hydroxyl groups excluding tert-OH is 1. The molecule has 116 valence electrons. The molecule has 0 bridgehead atoms. The minimum atomic E-state index is -0.174. The molecule has 1 fully saturated rings. The fourth-order valence-corrected chi connectivity index (χ4v) is 3.13. The Morgan fingerprint density at radius 2 is 2.00 bits per heavy atom. The molecule has 0 unspecified atom stereocenters. The first kappa shape index (κ1) is 16.4. The average Bonchev–Trinajstić information content (AvgIpc) is 2.49. The molecule has 0 atom stereocenters. The Kier molecular flexibility index (Phi) is 5.73. The SMILES string of the molecule is CN(C(=O)Nc1ccc(Cl)cc1Cl)C1CCC(CO)CC1. The zero-order chi connectivity index (χ0) is 15.4. The van der Waals surface area contributed by atoms with Gasteiger partial charge in [0, 0.05) is 24.7 Å². The molecule has 2 N–H and O–H groups in total. The Hall–Kier alpha value is -0.970. The van der Waals surface area contributed by atoms with Crippen molar-refractivity contribution >= 4 is 34.9 Å². The smallest absolute Gasteiger partial charge is 0.321 e. The van der Waals surface area contributed by atoms with E-state index in [1.807, 2.05) is 0 Å². The third-order valence-electron chi connectivity index (χ3n) is 4.12. The highest BCUT2D eigenvalue weighted by Gasteiger charge is 2.26. The number of halogens is 2. The predicted molar refractivity (Wildman–Crippen MR) is 86.1 cm³/mol. The number of urea groups is 1. The summed E-state index contributed by atoms with van der Waals surface area (Å²) in [7, 11) is 1.79. The lowest BCUT2D eigenvalue weighted by molar-refractivity contribution is 0.139. The van der Waals surface area contributed by atoms with E-state index in [0.29, 0.717) is 21.7 Å². The predicted octanol–water partition coefficient (Wildman–Crippen LogP) is 4.01. The van der Waals surface area contributed by atoms with Gasteiger partial charge in [0.05, 0.1) is 10.7 Å². The Balaban J connectivity index is 1.93. The van der Waals surface area contributed by atoms with Crippen LogP contribution in [0.15, 0.2) is 18.2 Å². The van der Waals surface area contributed by atoms with E-state index in [1.54, 1.807) is 30.1 Å². The van der Waals surface area contributed by atoms with Gasteiger partial charge in [0.25, 0.3) is 0 Å². The molecule has 1 aromatic carbocycles. The van der Waals surface area contributed by atoms with Crippen molar-refractivity contribution in [3.63, 3.8) is 0 Å². The molecule has 21 heavy (non-hydrogen) atoms. The number of carbonyl (C=O) groups is 1. The molecule has 1 saturated carbocycles. The summed E-state index contributed by atoms with van der Waals surface area (Å²) in [5.41, 5.74) is 0.557. The first-order valence-electron chi connectivity index (χ1n) is 7.11. The maximum atomic E-state index is 12.3. The van der Waals surface area contributed by atoms with Crippen molar-refractivity contribution in [3.05, 3.63) is 28.2 Å². The van der Waals surface area contributed by atoms with Crippen molar-refractivity contribution in [3.8, 4) is 0 Å². The third kappa shape index (κ3) is 4.25. The van der Waals surface area contributed by atoms with E-state index in [0.717, 1.165) is 25.7 Å². The molecule has 4 nitrogen and oxygen atoms in total. The van der Waals surface area contributed by atoms with Crippen LogP contribution in [-0.4, -0.2) is 35.7 Å². The minimum absolute atomic E-state index is 0.174. The standard InChI is InChI=1S/C15H20Cl2N2O2/c1-19(12-5-2-10(9-20)3-6-12)15(21)18-14-7-4-11(16)8-13(14)17/h4,7-8,10,12,20H,2-3,5-6,9H2,1H3,(H,18,21). The van der Waals surface area contributed by atoms with Crippen LogP contribution in [0.3, 0.4) is 0 Å². The summed E-state index contributed by atoms with van der Waals surface area (Å²) in [5.74, 6) is 0.378. The largest absolute Gasteiger partial charge is 0.396 e. The van der Waals surface area contributed by atoms with Gasteiger partial charge in [-0.3, -0.25) is 0 Å². The lowest BCUT2D eigenvalue weighted by atomic mass is 9.86. The molecule has 0 saturated heterocycles. The highest BCUT2D eigenvalue weighted by atomic mass is 35.5. The van der Waals surface area contributed by atoms with E-state index in [2.05, 4.69) is 5.32 Å². The van der Waals surface area contributed by atoms with E-state index in [1.165, 1.54) is 0 Å².